The highest BCUT2D eigenvalue weighted by atomic mass is 79.9. The summed E-state index contributed by atoms with van der Waals surface area (Å²) in [6.07, 6.45) is 0. The van der Waals surface area contributed by atoms with Crippen molar-refractivity contribution < 1.29 is 19.1 Å². The summed E-state index contributed by atoms with van der Waals surface area (Å²) in [4.78, 5) is 37.0. The first-order valence-electron chi connectivity index (χ1n) is 7.09. The third-order valence-electron chi connectivity index (χ3n) is 3.68. The van der Waals surface area contributed by atoms with Crippen molar-refractivity contribution >= 4 is 45.0 Å². The topological polar surface area (TPSA) is 75.7 Å². The molecule has 0 spiro atoms. The molecule has 0 bridgehead atoms. The number of nitrogens with zero attached hydrogens (tertiary/aromatic N) is 1. The van der Waals surface area contributed by atoms with Gasteiger partial charge in [0.15, 0.2) is 0 Å². The predicted molar refractivity (Wildman–Crippen MR) is 92.2 cm³/mol. The molecule has 1 aliphatic heterocycles. The van der Waals surface area contributed by atoms with E-state index in [9.17, 15) is 14.4 Å². The summed E-state index contributed by atoms with van der Waals surface area (Å²) in [6, 6.07) is 11.8. The Morgan fingerprint density at radius 1 is 1.17 bits per heavy atom. The number of hydrogen-bond donors (Lipinski definition) is 1. The molecule has 3 rings (SSSR count). The van der Waals surface area contributed by atoms with Crippen molar-refractivity contribution in [3.63, 3.8) is 0 Å². The van der Waals surface area contributed by atoms with E-state index in [-0.39, 0.29) is 6.67 Å². The fraction of sp³-hybridized carbons (Fsp3) is 0.118. The number of carbonyl (C=O) groups is 3. The molecule has 0 atom stereocenters. The molecule has 0 saturated carbocycles. The number of esters is 1. The molecule has 2 aromatic carbocycles. The molecule has 24 heavy (non-hydrogen) atoms. The van der Waals surface area contributed by atoms with E-state index in [0.717, 1.165) is 4.47 Å². The number of ether oxygens (including phenoxy) is 1. The van der Waals surface area contributed by atoms with Crippen LogP contribution in [0.15, 0.2) is 46.9 Å². The second kappa shape index (κ2) is 6.45. The zero-order chi connectivity index (χ0) is 17.3. The van der Waals surface area contributed by atoms with Gasteiger partial charge in [-0.15, -0.1) is 0 Å². The first-order chi connectivity index (χ1) is 11.5. The summed E-state index contributed by atoms with van der Waals surface area (Å²) >= 11 is 3.30. The van der Waals surface area contributed by atoms with Crippen molar-refractivity contribution in [1.29, 1.82) is 0 Å². The lowest BCUT2D eigenvalue weighted by Gasteiger charge is -2.18. The smallest absolute Gasteiger partial charge is 0.337 e. The Morgan fingerprint density at radius 2 is 1.88 bits per heavy atom. The van der Waals surface area contributed by atoms with Gasteiger partial charge in [0.1, 0.15) is 0 Å². The van der Waals surface area contributed by atoms with Crippen LogP contribution in [0, 0.1) is 0 Å². The van der Waals surface area contributed by atoms with Gasteiger partial charge in [-0.25, -0.2) is 4.79 Å². The molecule has 0 unspecified atom stereocenters. The van der Waals surface area contributed by atoms with Crippen molar-refractivity contribution in [3.8, 4) is 0 Å². The Labute approximate surface area is 146 Å². The minimum atomic E-state index is -0.568. The van der Waals surface area contributed by atoms with Crippen LogP contribution in [0.5, 0.6) is 0 Å². The normalized spacial score (nSPS) is 13.0. The van der Waals surface area contributed by atoms with Gasteiger partial charge in [0.2, 0.25) is 0 Å². The van der Waals surface area contributed by atoms with Crippen molar-refractivity contribution in [2.75, 3.05) is 24.0 Å². The Morgan fingerprint density at radius 3 is 2.54 bits per heavy atom. The second-order valence-electron chi connectivity index (χ2n) is 5.13. The minimum absolute atomic E-state index is 0.150. The highest BCUT2D eigenvalue weighted by Crippen LogP contribution is 2.31. The van der Waals surface area contributed by atoms with Crippen molar-refractivity contribution in [1.82, 2.24) is 0 Å². The summed E-state index contributed by atoms with van der Waals surface area (Å²) in [7, 11) is 1.32. The quantitative estimate of drug-likeness (QED) is 0.643. The molecule has 1 aliphatic rings. The van der Waals surface area contributed by atoms with Crippen molar-refractivity contribution in [2.24, 2.45) is 0 Å². The van der Waals surface area contributed by atoms with Gasteiger partial charge >= 0.3 is 11.9 Å². The van der Waals surface area contributed by atoms with Gasteiger partial charge in [0.05, 0.1) is 30.6 Å². The Kier molecular flexibility index (Phi) is 4.35. The molecule has 0 aromatic heterocycles. The fourth-order valence-corrected chi connectivity index (χ4v) is 2.80. The van der Waals surface area contributed by atoms with Gasteiger partial charge < -0.3 is 10.1 Å². The lowest BCUT2D eigenvalue weighted by Crippen LogP contribution is -2.34. The first kappa shape index (κ1) is 16.2. The van der Waals surface area contributed by atoms with Crippen LogP contribution in [-0.4, -0.2) is 31.4 Å². The van der Waals surface area contributed by atoms with E-state index in [2.05, 4.69) is 26.0 Å². The maximum atomic E-state index is 12.1. The van der Waals surface area contributed by atoms with Crippen LogP contribution in [0.25, 0.3) is 0 Å². The fourth-order valence-electron chi connectivity index (χ4n) is 2.44. The first-order valence-corrected chi connectivity index (χ1v) is 7.88. The molecule has 1 heterocycles. The highest BCUT2D eigenvalue weighted by molar-refractivity contribution is 9.10. The zero-order valence-electron chi connectivity index (χ0n) is 12.7. The number of halogens is 1. The molecule has 0 fully saturated rings. The van der Waals surface area contributed by atoms with E-state index >= 15 is 0 Å². The van der Waals surface area contributed by atoms with E-state index < -0.39 is 17.7 Å². The molecule has 6 nitrogen and oxygen atoms in total. The van der Waals surface area contributed by atoms with E-state index in [4.69, 9.17) is 0 Å². The van der Waals surface area contributed by atoms with E-state index in [1.807, 2.05) is 0 Å². The van der Waals surface area contributed by atoms with E-state index in [1.54, 1.807) is 42.5 Å². The zero-order valence-corrected chi connectivity index (χ0v) is 14.3. The van der Waals surface area contributed by atoms with Crippen LogP contribution < -0.4 is 10.2 Å². The highest BCUT2D eigenvalue weighted by Gasteiger charge is 2.35. The average Bonchev–Trinajstić information content (AvgIpc) is 2.83. The molecular formula is C17H13BrN2O4. The number of carbonyl (C=O) groups excluding carboxylic acids is 3. The van der Waals surface area contributed by atoms with Crippen LogP contribution in [-0.2, 0) is 9.53 Å². The Balaban J connectivity index is 1.74. The van der Waals surface area contributed by atoms with Gasteiger partial charge in [-0.05, 0) is 42.5 Å². The molecule has 1 amide bonds. The summed E-state index contributed by atoms with van der Waals surface area (Å²) in [5.41, 5.74) is 2.11. The number of anilines is 2. The van der Waals surface area contributed by atoms with Crippen LogP contribution in [0.4, 0.5) is 11.4 Å². The van der Waals surface area contributed by atoms with Crippen LogP contribution in [0.2, 0.25) is 0 Å². The van der Waals surface area contributed by atoms with Gasteiger partial charge in [-0.1, -0.05) is 15.9 Å². The number of benzene rings is 2. The largest absolute Gasteiger partial charge is 0.465 e. The number of ketones is 1. The van der Waals surface area contributed by atoms with E-state index in [1.165, 1.54) is 12.0 Å². The number of fused-ring (bicyclic) bond motifs is 1. The van der Waals surface area contributed by atoms with Gasteiger partial charge in [-0.3, -0.25) is 14.5 Å². The van der Waals surface area contributed by atoms with Gasteiger partial charge in [0.25, 0.3) is 5.78 Å². The maximum absolute atomic E-state index is 12.1. The third kappa shape index (κ3) is 2.90. The molecule has 122 valence electrons. The van der Waals surface area contributed by atoms with Crippen LogP contribution in [0.3, 0.4) is 0 Å². The number of Topliss-reactive ketones (excluding diaryl/α,β-unsaturated/α-hetero) is 1. The Hall–Kier alpha value is -2.67. The molecular weight excluding hydrogens is 376 g/mol. The second-order valence-corrected chi connectivity index (χ2v) is 6.04. The monoisotopic (exact) mass is 388 g/mol. The van der Waals surface area contributed by atoms with Crippen LogP contribution in [0.1, 0.15) is 20.7 Å². The molecule has 0 saturated heterocycles. The average molecular weight is 389 g/mol. The summed E-state index contributed by atoms with van der Waals surface area (Å²) < 4.78 is 5.38. The maximum Gasteiger partial charge on any atom is 0.337 e. The summed E-state index contributed by atoms with van der Waals surface area (Å²) in [5.74, 6) is -1.50. The summed E-state index contributed by atoms with van der Waals surface area (Å²) in [6.45, 7) is 0.150. The van der Waals surface area contributed by atoms with Crippen molar-refractivity contribution in [3.05, 3.63) is 58.1 Å². The minimum Gasteiger partial charge on any atom is -0.465 e. The molecule has 7 heteroatoms. The van der Waals surface area contributed by atoms with Crippen LogP contribution >= 0.6 is 15.9 Å². The lowest BCUT2D eigenvalue weighted by atomic mass is 10.1. The standard InChI is InChI=1S/C17H13BrN2O4/c1-24-17(23)10-2-5-12(6-3-10)19-9-20-14-7-4-11(18)8-13(14)15(21)16(20)22/h2-8,19H,9H2,1H3. The van der Waals surface area contributed by atoms with Gasteiger partial charge in [-0.2, -0.15) is 0 Å². The number of nitrogens with one attached hydrogen (secondary N) is 1. The van der Waals surface area contributed by atoms with Crippen molar-refractivity contribution in [2.45, 2.75) is 0 Å². The molecule has 2 aromatic rings. The molecule has 0 radical (unpaired) electrons. The predicted octanol–water partition coefficient (Wildman–Crippen LogP) is 2.83. The number of amides is 1. The Bertz CT molecular complexity index is 833. The number of methoxy groups -OCH3 is 1. The number of hydrogen-bond acceptors (Lipinski definition) is 5. The number of rotatable bonds is 4. The van der Waals surface area contributed by atoms with E-state index in [0.29, 0.717) is 22.5 Å². The summed E-state index contributed by atoms with van der Waals surface area (Å²) in [5, 5.41) is 3.07. The molecule has 1 N–H and O–H groups in total. The lowest BCUT2D eigenvalue weighted by molar-refractivity contribution is -0.114. The third-order valence-corrected chi connectivity index (χ3v) is 4.17. The van der Waals surface area contributed by atoms with Gasteiger partial charge in [0, 0.05) is 10.2 Å². The molecule has 0 aliphatic carbocycles. The SMILES string of the molecule is COC(=O)c1ccc(NCN2C(=O)C(=O)c3cc(Br)ccc32)cc1.